The Morgan fingerprint density at radius 2 is 1.96 bits per heavy atom. The van der Waals surface area contributed by atoms with E-state index >= 15 is 0 Å². The number of rotatable bonds is 4. The van der Waals surface area contributed by atoms with Crippen LogP contribution >= 0.6 is 12.4 Å². The Balaban J connectivity index is 0.00000208. The van der Waals surface area contributed by atoms with Gasteiger partial charge in [0.05, 0.1) is 6.21 Å². The molecule has 2 aromatic rings. The summed E-state index contributed by atoms with van der Waals surface area (Å²) in [5.41, 5.74) is 7.21. The molecule has 0 spiro atoms. The molecule has 3 rings (SSSR count). The third-order valence-electron chi connectivity index (χ3n) is 4.06. The highest BCUT2D eigenvalue weighted by Gasteiger charge is 2.21. The second kappa shape index (κ2) is 7.97. The maximum atomic E-state index is 12.2. The van der Waals surface area contributed by atoms with Gasteiger partial charge in [-0.2, -0.15) is 10.2 Å². The van der Waals surface area contributed by atoms with E-state index in [2.05, 4.69) is 20.7 Å². The molecule has 128 valence electrons. The molecule has 2 N–H and O–H groups in total. The van der Waals surface area contributed by atoms with Crippen LogP contribution in [0.15, 0.2) is 29.4 Å². The first kappa shape index (κ1) is 18.0. The van der Waals surface area contributed by atoms with Crippen molar-refractivity contribution < 1.29 is 4.79 Å². The zero-order chi connectivity index (χ0) is 16.2. The number of carbonyl (C=O) groups excluding carboxylic acids is 1. The highest BCUT2D eigenvalue weighted by molar-refractivity contribution is 5.94. The van der Waals surface area contributed by atoms with Crippen LogP contribution in [0, 0.1) is 0 Å². The molecule has 0 radical (unpaired) electrons. The largest absolute Gasteiger partial charge is 0.378 e. The Morgan fingerprint density at radius 3 is 2.67 bits per heavy atom. The molecule has 1 heterocycles. The number of hydrazone groups is 1. The third-order valence-corrected chi connectivity index (χ3v) is 4.06. The number of fused-ring (bicyclic) bond motifs is 1. The first-order valence-electron chi connectivity index (χ1n) is 7.82. The van der Waals surface area contributed by atoms with Crippen LogP contribution in [-0.4, -0.2) is 36.4 Å². The maximum absolute atomic E-state index is 12.2. The lowest BCUT2D eigenvalue weighted by Gasteiger charge is -2.11. The van der Waals surface area contributed by atoms with Crippen molar-refractivity contribution in [1.29, 1.82) is 0 Å². The van der Waals surface area contributed by atoms with Crippen molar-refractivity contribution in [1.82, 2.24) is 15.6 Å². The lowest BCUT2D eigenvalue weighted by atomic mass is 9.96. The van der Waals surface area contributed by atoms with Gasteiger partial charge in [-0.25, -0.2) is 5.43 Å². The van der Waals surface area contributed by atoms with Gasteiger partial charge in [-0.1, -0.05) is 12.1 Å². The molecule has 0 saturated carbocycles. The molecule has 7 heteroatoms. The smallest absolute Gasteiger partial charge is 0.292 e. The van der Waals surface area contributed by atoms with Crippen LogP contribution < -0.4 is 10.3 Å². The van der Waals surface area contributed by atoms with E-state index in [9.17, 15) is 4.79 Å². The summed E-state index contributed by atoms with van der Waals surface area (Å²) in [5.74, 6) is -0.259. The summed E-state index contributed by atoms with van der Waals surface area (Å²) in [5, 5.41) is 11.1. The van der Waals surface area contributed by atoms with Gasteiger partial charge >= 0.3 is 0 Å². The molecule has 0 atom stereocenters. The number of nitrogens with one attached hydrogen (secondary N) is 2. The van der Waals surface area contributed by atoms with E-state index in [1.54, 1.807) is 6.21 Å². The molecule has 0 fully saturated rings. The fourth-order valence-corrected chi connectivity index (χ4v) is 2.75. The Kier molecular flexibility index (Phi) is 5.98. The van der Waals surface area contributed by atoms with Gasteiger partial charge in [-0.15, -0.1) is 12.4 Å². The SMILES string of the molecule is CN(C)c1ccc(/C=N/NC(=O)c2n[nH]c3c2CCCC3)cc1.Cl. The monoisotopic (exact) mass is 347 g/mol. The number of nitrogens with zero attached hydrogens (tertiary/aromatic N) is 3. The van der Waals surface area contributed by atoms with Gasteiger partial charge in [-0.3, -0.25) is 9.89 Å². The molecule has 24 heavy (non-hydrogen) atoms. The molecule has 0 aliphatic heterocycles. The minimum Gasteiger partial charge on any atom is -0.378 e. The van der Waals surface area contributed by atoms with E-state index in [1.165, 1.54) is 0 Å². The maximum Gasteiger partial charge on any atom is 0.292 e. The second-order valence-corrected chi connectivity index (χ2v) is 5.92. The van der Waals surface area contributed by atoms with Gasteiger partial charge in [-0.05, 0) is 43.4 Å². The summed E-state index contributed by atoms with van der Waals surface area (Å²) in [6.45, 7) is 0. The standard InChI is InChI=1S/C17H21N5O.ClH/c1-22(2)13-9-7-12(8-10-13)11-18-21-17(23)16-14-5-3-4-6-15(14)19-20-16;/h7-11H,3-6H2,1-2H3,(H,19,20)(H,21,23);1H/b18-11+;. The van der Waals surface area contributed by atoms with E-state index < -0.39 is 0 Å². The number of aromatic amines is 1. The van der Waals surface area contributed by atoms with E-state index in [1.807, 2.05) is 43.3 Å². The number of aromatic nitrogens is 2. The average molecular weight is 348 g/mol. The van der Waals surface area contributed by atoms with Crippen molar-refractivity contribution in [2.45, 2.75) is 25.7 Å². The zero-order valence-corrected chi connectivity index (χ0v) is 14.7. The molecule has 0 saturated heterocycles. The van der Waals surface area contributed by atoms with Gasteiger partial charge in [0.15, 0.2) is 5.69 Å². The van der Waals surface area contributed by atoms with E-state index in [0.29, 0.717) is 5.69 Å². The minimum atomic E-state index is -0.259. The molecular weight excluding hydrogens is 326 g/mol. The first-order valence-corrected chi connectivity index (χ1v) is 7.82. The first-order chi connectivity index (χ1) is 11.1. The number of benzene rings is 1. The van der Waals surface area contributed by atoms with E-state index in [0.717, 1.165) is 48.2 Å². The van der Waals surface area contributed by atoms with Crippen LogP contribution in [0.1, 0.15) is 40.2 Å². The normalized spacial score (nSPS) is 13.2. The van der Waals surface area contributed by atoms with Crippen LogP contribution in [0.25, 0.3) is 0 Å². The number of halogens is 1. The quantitative estimate of drug-likeness (QED) is 0.659. The molecule has 1 aliphatic rings. The molecule has 6 nitrogen and oxygen atoms in total. The number of amides is 1. The minimum absolute atomic E-state index is 0. The lowest BCUT2D eigenvalue weighted by Crippen LogP contribution is -2.20. The van der Waals surface area contributed by atoms with Crippen LogP contribution in [0.5, 0.6) is 0 Å². The number of aryl methyl sites for hydroxylation is 1. The molecule has 1 amide bonds. The van der Waals surface area contributed by atoms with Crippen LogP contribution in [-0.2, 0) is 12.8 Å². The summed E-state index contributed by atoms with van der Waals surface area (Å²) in [7, 11) is 3.99. The van der Waals surface area contributed by atoms with E-state index in [-0.39, 0.29) is 18.3 Å². The number of H-pyrrole nitrogens is 1. The summed E-state index contributed by atoms with van der Waals surface area (Å²) in [6.07, 6.45) is 5.77. The lowest BCUT2D eigenvalue weighted by molar-refractivity contribution is 0.0949. The summed E-state index contributed by atoms with van der Waals surface area (Å²) in [4.78, 5) is 14.2. The fraction of sp³-hybridized carbons (Fsp3) is 0.353. The predicted octanol–water partition coefficient (Wildman–Crippen LogP) is 2.54. The van der Waals surface area contributed by atoms with Crippen molar-refractivity contribution >= 4 is 30.2 Å². The van der Waals surface area contributed by atoms with Crippen molar-refractivity contribution in [2.75, 3.05) is 19.0 Å². The number of hydrogen-bond acceptors (Lipinski definition) is 4. The highest BCUT2D eigenvalue weighted by atomic mass is 35.5. The molecule has 0 bridgehead atoms. The van der Waals surface area contributed by atoms with Crippen LogP contribution in [0.2, 0.25) is 0 Å². The Hall–Kier alpha value is -2.34. The Labute approximate surface area is 147 Å². The Morgan fingerprint density at radius 1 is 1.25 bits per heavy atom. The summed E-state index contributed by atoms with van der Waals surface area (Å²) in [6, 6.07) is 7.93. The summed E-state index contributed by atoms with van der Waals surface area (Å²) >= 11 is 0. The van der Waals surface area contributed by atoms with Gasteiger partial charge in [0.2, 0.25) is 0 Å². The zero-order valence-electron chi connectivity index (χ0n) is 13.9. The van der Waals surface area contributed by atoms with Crippen LogP contribution in [0.3, 0.4) is 0 Å². The molecule has 1 aliphatic carbocycles. The van der Waals surface area contributed by atoms with Crippen molar-refractivity contribution in [3.8, 4) is 0 Å². The molecule has 0 unspecified atom stereocenters. The second-order valence-electron chi connectivity index (χ2n) is 5.92. The fourth-order valence-electron chi connectivity index (χ4n) is 2.75. The van der Waals surface area contributed by atoms with Gasteiger partial charge in [0.25, 0.3) is 5.91 Å². The topological polar surface area (TPSA) is 73.4 Å². The number of hydrogen-bond donors (Lipinski definition) is 2. The van der Waals surface area contributed by atoms with Crippen molar-refractivity contribution in [2.24, 2.45) is 5.10 Å². The van der Waals surface area contributed by atoms with Crippen LogP contribution in [0.4, 0.5) is 5.69 Å². The van der Waals surface area contributed by atoms with Gasteiger partial charge in [0, 0.05) is 31.0 Å². The number of carbonyl (C=O) groups is 1. The molecule has 1 aromatic heterocycles. The van der Waals surface area contributed by atoms with Crippen molar-refractivity contribution in [3.63, 3.8) is 0 Å². The Bertz CT molecular complexity index is 721. The van der Waals surface area contributed by atoms with Crippen molar-refractivity contribution in [3.05, 3.63) is 46.8 Å². The van der Waals surface area contributed by atoms with Gasteiger partial charge in [0.1, 0.15) is 0 Å². The number of anilines is 1. The third kappa shape index (κ3) is 3.94. The summed E-state index contributed by atoms with van der Waals surface area (Å²) < 4.78 is 0. The molecule has 1 aromatic carbocycles. The predicted molar refractivity (Wildman–Crippen MR) is 98.3 cm³/mol. The van der Waals surface area contributed by atoms with E-state index in [4.69, 9.17) is 0 Å². The molecular formula is C17H22ClN5O. The van der Waals surface area contributed by atoms with Gasteiger partial charge < -0.3 is 4.90 Å². The highest BCUT2D eigenvalue weighted by Crippen LogP contribution is 2.21. The average Bonchev–Trinajstić information content (AvgIpc) is 2.99.